The van der Waals surface area contributed by atoms with Gasteiger partial charge in [-0.05, 0) is 19.1 Å². The number of amides is 1. The number of halogens is 1. The van der Waals surface area contributed by atoms with Crippen molar-refractivity contribution in [3.63, 3.8) is 0 Å². The molecule has 0 aliphatic rings. The van der Waals surface area contributed by atoms with Crippen LogP contribution >= 0.6 is 0 Å². The number of nitrogens with one attached hydrogen (secondary N) is 1. The molecule has 1 atom stereocenters. The summed E-state index contributed by atoms with van der Waals surface area (Å²) >= 11 is 0. The average Bonchev–Trinajstić information content (AvgIpc) is 2.42. The molecule has 0 spiro atoms. The average molecular weight is 260 g/mol. The zero-order chi connectivity index (χ0) is 13.9. The third-order valence-corrected chi connectivity index (χ3v) is 2.83. The molecule has 1 aromatic carbocycles. The SMILES string of the molecule is CC(Nc1ccccc1F)(C(N)=O)c1cnccn1. The van der Waals surface area contributed by atoms with E-state index < -0.39 is 17.3 Å². The number of aromatic nitrogens is 2. The van der Waals surface area contributed by atoms with Gasteiger partial charge in [0.15, 0.2) is 5.54 Å². The van der Waals surface area contributed by atoms with Crippen LogP contribution in [0.2, 0.25) is 0 Å². The number of nitrogens with two attached hydrogens (primary N) is 1. The monoisotopic (exact) mass is 260 g/mol. The summed E-state index contributed by atoms with van der Waals surface area (Å²) in [5.41, 5.74) is 4.57. The third-order valence-electron chi connectivity index (χ3n) is 2.83. The Kier molecular flexibility index (Phi) is 3.41. The number of para-hydroxylation sites is 1. The van der Waals surface area contributed by atoms with E-state index >= 15 is 0 Å². The van der Waals surface area contributed by atoms with Crippen LogP contribution in [0.4, 0.5) is 10.1 Å². The Morgan fingerprint density at radius 3 is 2.68 bits per heavy atom. The number of hydrogen-bond donors (Lipinski definition) is 2. The zero-order valence-corrected chi connectivity index (χ0v) is 10.3. The summed E-state index contributed by atoms with van der Waals surface area (Å²) in [4.78, 5) is 19.6. The van der Waals surface area contributed by atoms with Gasteiger partial charge in [-0.2, -0.15) is 0 Å². The summed E-state index contributed by atoms with van der Waals surface area (Å²) in [5.74, 6) is -1.14. The minimum atomic E-state index is -1.34. The molecule has 2 rings (SSSR count). The van der Waals surface area contributed by atoms with Gasteiger partial charge in [-0.1, -0.05) is 12.1 Å². The molecule has 3 N–H and O–H groups in total. The smallest absolute Gasteiger partial charge is 0.249 e. The van der Waals surface area contributed by atoms with E-state index in [1.165, 1.54) is 37.6 Å². The number of nitrogens with zero attached hydrogens (tertiary/aromatic N) is 2. The molecule has 0 saturated carbocycles. The fraction of sp³-hybridized carbons (Fsp3) is 0.154. The Morgan fingerprint density at radius 2 is 2.11 bits per heavy atom. The van der Waals surface area contributed by atoms with E-state index in [2.05, 4.69) is 15.3 Å². The summed E-state index contributed by atoms with van der Waals surface area (Å²) in [5, 5.41) is 2.79. The molecule has 0 aliphatic carbocycles. The molecule has 98 valence electrons. The summed E-state index contributed by atoms with van der Waals surface area (Å²) < 4.78 is 13.6. The second-order valence-electron chi connectivity index (χ2n) is 4.18. The van der Waals surface area contributed by atoms with E-state index in [0.717, 1.165) is 0 Å². The third kappa shape index (κ3) is 2.52. The Hall–Kier alpha value is -2.50. The van der Waals surface area contributed by atoms with Gasteiger partial charge in [0.05, 0.1) is 17.6 Å². The van der Waals surface area contributed by atoms with Gasteiger partial charge in [0, 0.05) is 12.4 Å². The van der Waals surface area contributed by atoms with Crippen molar-refractivity contribution < 1.29 is 9.18 Å². The predicted molar refractivity (Wildman–Crippen MR) is 68.6 cm³/mol. The fourth-order valence-corrected chi connectivity index (χ4v) is 1.64. The number of carbonyl (C=O) groups is 1. The number of hydrogen-bond acceptors (Lipinski definition) is 4. The molecule has 0 fully saturated rings. The van der Waals surface area contributed by atoms with E-state index in [1.54, 1.807) is 12.1 Å². The van der Waals surface area contributed by atoms with Gasteiger partial charge < -0.3 is 11.1 Å². The second-order valence-corrected chi connectivity index (χ2v) is 4.18. The van der Waals surface area contributed by atoms with Crippen LogP contribution in [0.15, 0.2) is 42.9 Å². The molecule has 0 radical (unpaired) electrons. The maximum absolute atomic E-state index is 13.6. The molecule has 5 nitrogen and oxygen atoms in total. The second kappa shape index (κ2) is 5.01. The van der Waals surface area contributed by atoms with Crippen molar-refractivity contribution in [3.05, 3.63) is 54.4 Å². The number of primary amides is 1. The van der Waals surface area contributed by atoms with Crippen molar-refractivity contribution in [2.75, 3.05) is 5.32 Å². The topological polar surface area (TPSA) is 80.9 Å². The minimum Gasteiger partial charge on any atom is -0.367 e. The van der Waals surface area contributed by atoms with Crippen LogP contribution in [0.3, 0.4) is 0 Å². The van der Waals surface area contributed by atoms with Crippen LogP contribution in [0.5, 0.6) is 0 Å². The van der Waals surface area contributed by atoms with Gasteiger partial charge in [0.2, 0.25) is 5.91 Å². The maximum atomic E-state index is 13.6. The van der Waals surface area contributed by atoms with Crippen LogP contribution in [0.1, 0.15) is 12.6 Å². The van der Waals surface area contributed by atoms with Crippen molar-refractivity contribution in [2.24, 2.45) is 5.73 Å². The molecule has 1 amide bonds. The first-order valence-corrected chi connectivity index (χ1v) is 5.63. The number of benzene rings is 1. The lowest BCUT2D eigenvalue weighted by atomic mass is 9.96. The molecule has 0 aliphatic heterocycles. The molecule has 1 aromatic heterocycles. The van der Waals surface area contributed by atoms with Gasteiger partial charge in [-0.25, -0.2) is 4.39 Å². The lowest BCUT2D eigenvalue weighted by Crippen LogP contribution is -2.46. The highest BCUT2D eigenvalue weighted by Crippen LogP contribution is 2.25. The Bertz CT molecular complexity index is 590. The van der Waals surface area contributed by atoms with Gasteiger partial charge in [-0.3, -0.25) is 14.8 Å². The van der Waals surface area contributed by atoms with Crippen LogP contribution in [-0.4, -0.2) is 15.9 Å². The summed E-state index contributed by atoms with van der Waals surface area (Å²) in [6, 6.07) is 6.03. The number of rotatable bonds is 4. The fourth-order valence-electron chi connectivity index (χ4n) is 1.64. The standard InChI is InChI=1S/C13H13FN4O/c1-13(12(15)19,11-8-16-6-7-17-11)18-10-5-3-2-4-9(10)14/h2-8,18H,1H3,(H2,15,19). The summed E-state index contributed by atoms with van der Waals surface area (Å²) in [6.45, 7) is 1.53. The lowest BCUT2D eigenvalue weighted by Gasteiger charge is -2.27. The van der Waals surface area contributed by atoms with Gasteiger partial charge in [-0.15, -0.1) is 0 Å². The van der Waals surface area contributed by atoms with Crippen molar-refractivity contribution in [2.45, 2.75) is 12.5 Å². The first kappa shape index (κ1) is 12.9. The molecule has 2 aromatic rings. The van der Waals surface area contributed by atoms with Crippen LogP contribution in [0.25, 0.3) is 0 Å². The Labute approximate surface area is 109 Å². The Balaban J connectivity index is 2.42. The predicted octanol–water partition coefficient (Wildman–Crippen LogP) is 1.43. The van der Waals surface area contributed by atoms with E-state index in [4.69, 9.17) is 5.73 Å². The number of carbonyl (C=O) groups excluding carboxylic acids is 1. The lowest BCUT2D eigenvalue weighted by molar-refractivity contribution is -0.122. The summed E-state index contributed by atoms with van der Waals surface area (Å²) in [7, 11) is 0. The molecule has 0 bridgehead atoms. The van der Waals surface area contributed by atoms with E-state index in [-0.39, 0.29) is 5.69 Å². The van der Waals surface area contributed by atoms with E-state index in [1.807, 2.05) is 0 Å². The zero-order valence-electron chi connectivity index (χ0n) is 10.3. The maximum Gasteiger partial charge on any atom is 0.249 e. The molecule has 19 heavy (non-hydrogen) atoms. The molecule has 0 saturated heterocycles. The van der Waals surface area contributed by atoms with Gasteiger partial charge in [0.1, 0.15) is 5.82 Å². The van der Waals surface area contributed by atoms with Crippen molar-refractivity contribution >= 4 is 11.6 Å². The van der Waals surface area contributed by atoms with Crippen molar-refractivity contribution in [1.29, 1.82) is 0 Å². The van der Waals surface area contributed by atoms with Gasteiger partial charge >= 0.3 is 0 Å². The van der Waals surface area contributed by atoms with Gasteiger partial charge in [0.25, 0.3) is 0 Å². The van der Waals surface area contributed by atoms with Crippen LogP contribution < -0.4 is 11.1 Å². The van der Waals surface area contributed by atoms with Crippen molar-refractivity contribution in [1.82, 2.24) is 9.97 Å². The van der Waals surface area contributed by atoms with Crippen LogP contribution in [0, 0.1) is 5.82 Å². The highest BCUT2D eigenvalue weighted by atomic mass is 19.1. The highest BCUT2D eigenvalue weighted by Gasteiger charge is 2.35. The van der Waals surface area contributed by atoms with E-state index in [9.17, 15) is 9.18 Å². The minimum absolute atomic E-state index is 0.175. The Morgan fingerprint density at radius 1 is 1.37 bits per heavy atom. The first-order chi connectivity index (χ1) is 9.04. The first-order valence-electron chi connectivity index (χ1n) is 5.63. The molecule has 1 heterocycles. The molecule has 6 heteroatoms. The largest absolute Gasteiger partial charge is 0.367 e. The molecular weight excluding hydrogens is 247 g/mol. The van der Waals surface area contributed by atoms with E-state index in [0.29, 0.717) is 5.69 Å². The molecule has 1 unspecified atom stereocenters. The normalized spacial score (nSPS) is 13.6. The number of anilines is 1. The highest BCUT2D eigenvalue weighted by molar-refractivity contribution is 5.88. The van der Waals surface area contributed by atoms with Crippen LogP contribution in [-0.2, 0) is 10.3 Å². The molecular formula is C13H13FN4O. The van der Waals surface area contributed by atoms with Crippen molar-refractivity contribution in [3.8, 4) is 0 Å². The summed E-state index contributed by atoms with van der Waals surface area (Å²) in [6.07, 6.45) is 4.34. The quantitative estimate of drug-likeness (QED) is 0.871.